The highest BCUT2D eigenvalue weighted by atomic mass is 16.2. The van der Waals surface area contributed by atoms with E-state index in [1.807, 2.05) is 0 Å². The van der Waals surface area contributed by atoms with Crippen molar-refractivity contribution < 1.29 is 4.79 Å². The Labute approximate surface area is 115 Å². The first kappa shape index (κ1) is 12.7. The Morgan fingerprint density at radius 2 is 2.05 bits per heavy atom. The number of carbonyl (C=O) groups excluding carboxylic acids is 1. The lowest BCUT2D eigenvalue weighted by atomic mass is 9.96. The predicted octanol–water partition coefficient (Wildman–Crippen LogP) is 1.82. The van der Waals surface area contributed by atoms with Crippen LogP contribution in [0.5, 0.6) is 0 Å². The molecule has 2 aliphatic rings. The van der Waals surface area contributed by atoms with Crippen LogP contribution in [-0.2, 0) is 17.8 Å². The van der Waals surface area contributed by atoms with Crippen molar-refractivity contribution >= 4 is 5.91 Å². The molecular weight excluding hydrogens is 236 g/mol. The number of hydrogen-bond acceptors (Lipinski definition) is 2. The molecule has 2 heterocycles. The van der Waals surface area contributed by atoms with Crippen LogP contribution >= 0.6 is 0 Å². The van der Waals surface area contributed by atoms with Crippen molar-refractivity contribution in [2.24, 2.45) is 11.8 Å². The molecule has 3 nitrogen and oxygen atoms in total. The van der Waals surface area contributed by atoms with Gasteiger partial charge in [-0.3, -0.25) is 4.79 Å². The van der Waals surface area contributed by atoms with E-state index >= 15 is 0 Å². The van der Waals surface area contributed by atoms with Gasteiger partial charge >= 0.3 is 0 Å². The molecule has 0 unspecified atom stereocenters. The summed E-state index contributed by atoms with van der Waals surface area (Å²) in [6.07, 6.45) is 2.18. The van der Waals surface area contributed by atoms with Crippen molar-refractivity contribution in [2.75, 3.05) is 19.6 Å². The highest BCUT2D eigenvalue weighted by Gasteiger charge is 2.33. The summed E-state index contributed by atoms with van der Waals surface area (Å²) >= 11 is 0. The quantitative estimate of drug-likeness (QED) is 0.833. The standard InChI is InChI=1S/C16H22N2O/c1-12-9-17-10-15(12)16(19)18-8-4-7-13-5-2-3-6-14(13)11-18/h2-3,5-6,12,15,17H,4,7-11H2,1H3/t12-,15-/m1/s1. The molecule has 3 heteroatoms. The molecule has 0 aliphatic carbocycles. The lowest BCUT2D eigenvalue weighted by molar-refractivity contribution is -0.136. The lowest BCUT2D eigenvalue weighted by Crippen LogP contribution is -2.38. The van der Waals surface area contributed by atoms with Gasteiger partial charge in [-0.25, -0.2) is 0 Å². The fourth-order valence-electron chi connectivity index (χ4n) is 3.26. The topological polar surface area (TPSA) is 32.3 Å². The molecule has 0 spiro atoms. The Morgan fingerprint density at radius 3 is 2.79 bits per heavy atom. The summed E-state index contributed by atoms with van der Waals surface area (Å²) in [5.74, 6) is 0.977. The van der Waals surface area contributed by atoms with Crippen LogP contribution < -0.4 is 5.32 Å². The van der Waals surface area contributed by atoms with Crippen LogP contribution in [0.4, 0.5) is 0 Å². The fourth-order valence-corrected chi connectivity index (χ4v) is 3.26. The molecule has 1 fully saturated rings. The van der Waals surface area contributed by atoms with Gasteiger partial charge in [-0.1, -0.05) is 31.2 Å². The summed E-state index contributed by atoms with van der Waals surface area (Å²) in [4.78, 5) is 14.7. The maximum Gasteiger partial charge on any atom is 0.227 e. The molecule has 2 aliphatic heterocycles. The molecule has 1 amide bonds. The molecule has 1 saturated heterocycles. The van der Waals surface area contributed by atoms with Gasteiger partial charge in [0.2, 0.25) is 5.91 Å². The molecule has 3 rings (SSSR count). The van der Waals surface area contributed by atoms with Gasteiger partial charge in [0, 0.05) is 19.6 Å². The number of benzene rings is 1. The molecule has 0 bridgehead atoms. The number of hydrogen-bond donors (Lipinski definition) is 1. The second kappa shape index (κ2) is 5.33. The van der Waals surface area contributed by atoms with E-state index in [9.17, 15) is 4.79 Å². The maximum atomic E-state index is 12.7. The number of aryl methyl sites for hydroxylation is 1. The Morgan fingerprint density at radius 1 is 1.26 bits per heavy atom. The molecule has 0 radical (unpaired) electrons. The van der Waals surface area contributed by atoms with Crippen LogP contribution in [-0.4, -0.2) is 30.4 Å². The number of fused-ring (bicyclic) bond motifs is 1. The Bertz CT molecular complexity index is 472. The second-order valence-electron chi connectivity index (χ2n) is 5.87. The minimum atomic E-state index is 0.172. The van der Waals surface area contributed by atoms with Crippen molar-refractivity contribution in [2.45, 2.75) is 26.3 Å². The van der Waals surface area contributed by atoms with Crippen molar-refractivity contribution in [3.05, 3.63) is 35.4 Å². The lowest BCUT2D eigenvalue weighted by Gasteiger charge is -2.25. The number of carbonyl (C=O) groups is 1. The van der Waals surface area contributed by atoms with Crippen LogP contribution in [0.15, 0.2) is 24.3 Å². The first-order valence-electron chi connectivity index (χ1n) is 7.32. The van der Waals surface area contributed by atoms with E-state index in [1.165, 1.54) is 11.1 Å². The Balaban J connectivity index is 1.77. The molecular formula is C16H22N2O. The SMILES string of the molecule is C[C@@H]1CNC[C@H]1C(=O)N1CCCc2ccccc2C1. The third kappa shape index (κ3) is 2.52. The van der Waals surface area contributed by atoms with Gasteiger partial charge in [-0.15, -0.1) is 0 Å². The van der Waals surface area contributed by atoms with Crippen molar-refractivity contribution in [1.82, 2.24) is 10.2 Å². The van der Waals surface area contributed by atoms with Crippen LogP contribution in [0.3, 0.4) is 0 Å². The van der Waals surface area contributed by atoms with E-state index in [1.54, 1.807) is 0 Å². The van der Waals surface area contributed by atoms with E-state index in [0.29, 0.717) is 11.8 Å². The van der Waals surface area contributed by atoms with Crippen LogP contribution in [0.25, 0.3) is 0 Å². The highest BCUT2D eigenvalue weighted by Crippen LogP contribution is 2.23. The van der Waals surface area contributed by atoms with Crippen LogP contribution in [0.2, 0.25) is 0 Å². The maximum absolute atomic E-state index is 12.7. The minimum Gasteiger partial charge on any atom is -0.338 e. The van der Waals surface area contributed by atoms with Gasteiger partial charge < -0.3 is 10.2 Å². The Kier molecular flexibility index (Phi) is 3.56. The monoisotopic (exact) mass is 258 g/mol. The predicted molar refractivity (Wildman–Crippen MR) is 75.7 cm³/mol. The van der Waals surface area contributed by atoms with Gasteiger partial charge in [0.1, 0.15) is 0 Å². The number of amides is 1. The summed E-state index contributed by atoms with van der Waals surface area (Å²) < 4.78 is 0. The average Bonchev–Trinajstić information content (AvgIpc) is 2.73. The zero-order valence-electron chi connectivity index (χ0n) is 11.6. The van der Waals surface area contributed by atoms with E-state index in [4.69, 9.17) is 0 Å². The van der Waals surface area contributed by atoms with Crippen molar-refractivity contribution in [3.8, 4) is 0 Å². The van der Waals surface area contributed by atoms with E-state index in [2.05, 4.69) is 41.4 Å². The molecule has 1 aromatic carbocycles. The summed E-state index contributed by atoms with van der Waals surface area (Å²) in [5, 5.41) is 3.33. The van der Waals surface area contributed by atoms with Gasteiger partial charge in [-0.05, 0) is 36.4 Å². The van der Waals surface area contributed by atoms with Gasteiger partial charge in [0.15, 0.2) is 0 Å². The average molecular weight is 258 g/mol. The molecule has 1 aromatic rings. The molecule has 0 saturated carbocycles. The summed E-state index contributed by atoms with van der Waals surface area (Å²) in [7, 11) is 0. The van der Waals surface area contributed by atoms with Gasteiger partial charge in [0.05, 0.1) is 5.92 Å². The molecule has 102 valence electrons. The third-order valence-electron chi connectivity index (χ3n) is 4.50. The normalized spacial score (nSPS) is 26.9. The molecule has 0 aromatic heterocycles. The summed E-state index contributed by atoms with van der Waals surface area (Å²) in [6, 6.07) is 8.53. The summed E-state index contributed by atoms with van der Waals surface area (Å²) in [5.41, 5.74) is 2.74. The van der Waals surface area contributed by atoms with E-state index < -0.39 is 0 Å². The van der Waals surface area contributed by atoms with Crippen molar-refractivity contribution in [3.63, 3.8) is 0 Å². The number of nitrogens with zero attached hydrogens (tertiary/aromatic N) is 1. The van der Waals surface area contributed by atoms with Crippen LogP contribution in [0.1, 0.15) is 24.5 Å². The van der Waals surface area contributed by atoms with Gasteiger partial charge in [-0.2, -0.15) is 0 Å². The number of nitrogens with one attached hydrogen (secondary N) is 1. The van der Waals surface area contributed by atoms with Crippen molar-refractivity contribution in [1.29, 1.82) is 0 Å². The fraction of sp³-hybridized carbons (Fsp3) is 0.562. The zero-order valence-corrected chi connectivity index (χ0v) is 11.6. The van der Waals surface area contributed by atoms with E-state index in [0.717, 1.165) is 39.0 Å². The summed E-state index contributed by atoms with van der Waals surface area (Å²) in [6.45, 7) is 5.68. The van der Waals surface area contributed by atoms with Crippen LogP contribution in [0, 0.1) is 11.8 Å². The largest absolute Gasteiger partial charge is 0.338 e. The first-order chi connectivity index (χ1) is 9.25. The third-order valence-corrected chi connectivity index (χ3v) is 4.50. The Hall–Kier alpha value is -1.35. The zero-order chi connectivity index (χ0) is 13.2. The smallest absolute Gasteiger partial charge is 0.227 e. The minimum absolute atomic E-state index is 0.172. The number of rotatable bonds is 1. The highest BCUT2D eigenvalue weighted by molar-refractivity contribution is 5.80. The molecule has 2 atom stereocenters. The molecule has 19 heavy (non-hydrogen) atoms. The second-order valence-corrected chi connectivity index (χ2v) is 5.87. The first-order valence-corrected chi connectivity index (χ1v) is 7.32. The van der Waals surface area contributed by atoms with Gasteiger partial charge in [0.25, 0.3) is 0 Å². The van der Waals surface area contributed by atoms with E-state index in [-0.39, 0.29) is 5.92 Å². The molecule has 1 N–H and O–H groups in total.